The Bertz CT molecular complexity index is 580. The number of alkyl halides is 3. The molecule has 0 aliphatic carbocycles. The fourth-order valence-corrected chi connectivity index (χ4v) is 2.05. The fourth-order valence-electron chi connectivity index (χ4n) is 1.88. The van der Waals surface area contributed by atoms with E-state index in [1.54, 1.807) is 24.1 Å². The Hall–Kier alpha value is -1.27. The van der Waals surface area contributed by atoms with E-state index in [0.717, 1.165) is 16.9 Å². The van der Waals surface area contributed by atoms with Crippen molar-refractivity contribution in [3.05, 3.63) is 29.0 Å². The van der Waals surface area contributed by atoms with Gasteiger partial charge in [-0.15, -0.1) is 0 Å². The van der Waals surface area contributed by atoms with Crippen LogP contribution >= 0.6 is 11.6 Å². The van der Waals surface area contributed by atoms with Gasteiger partial charge in [0, 0.05) is 24.5 Å². The Balaban J connectivity index is 1.89. The first-order chi connectivity index (χ1) is 9.33. The summed E-state index contributed by atoms with van der Waals surface area (Å²) in [7, 11) is 1.67. The first kappa shape index (κ1) is 15.1. The van der Waals surface area contributed by atoms with Gasteiger partial charge in [-0.05, 0) is 25.2 Å². The lowest BCUT2D eigenvalue weighted by atomic mass is 10.3. The van der Waals surface area contributed by atoms with Gasteiger partial charge < -0.3 is 9.88 Å². The lowest BCUT2D eigenvalue weighted by Gasteiger charge is -2.16. The predicted octanol–water partition coefficient (Wildman–Crippen LogP) is 3.64. The van der Waals surface area contributed by atoms with Crippen molar-refractivity contribution in [2.45, 2.75) is 19.0 Å². The smallest absolute Gasteiger partial charge is 0.342 e. The molecule has 0 aliphatic rings. The summed E-state index contributed by atoms with van der Waals surface area (Å²) in [6.07, 6.45) is -4.33. The van der Waals surface area contributed by atoms with Gasteiger partial charge in [-0.25, -0.2) is 4.98 Å². The average molecular weight is 306 g/mol. The summed E-state index contributed by atoms with van der Waals surface area (Å²) in [5.74, 6) is 0.751. The van der Waals surface area contributed by atoms with Gasteiger partial charge >= 0.3 is 6.18 Å². The summed E-state index contributed by atoms with van der Waals surface area (Å²) in [6.45, 7) is 0.513. The molecule has 110 valence electrons. The Morgan fingerprint density at radius 3 is 2.75 bits per heavy atom. The number of halogens is 4. The number of imidazole rings is 1. The number of aromatic nitrogens is 2. The van der Waals surface area contributed by atoms with Crippen LogP contribution in [0.4, 0.5) is 13.2 Å². The summed E-state index contributed by atoms with van der Waals surface area (Å²) in [4.78, 5) is 9.14. The van der Waals surface area contributed by atoms with Crippen LogP contribution in [-0.4, -0.2) is 41.2 Å². The van der Waals surface area contributed by atoms with Gasteiger partial charge in [-0.1, -0.05) is 11.6 Å². The summed E-state index contributed by atoms with van der Waals surface area (Å²) < 4.78 is 36.3. The summed E-state index contributed by atoms with van der Waals surface area (Å²) in [6, 6.07) is 5.34. The number of benzene rings is 1. The molecule has 3 nitrogen and oxygen atoms in total. The van der Waals surface area contributed by atoms with Crippen molar-refractivity contribution in [3.63, 3.8) is 0 Å². The fraction of sp³-hybridized carbons (Fsp3) is 0.462. The second-order valence-electron chi connectivity index (χ2n) is 4.76. The number of aromatic amines is 1. The van der Waals surface area contributed by atoms with Crippen LogP contribution in [0.2, 0.25) is 5.02 Å². The number of nitrogens with zero attached hydrogens (tertiary/aromatic N) is 2. The zero-order valence-corrected chi connectivity index (χ0v) is 11.7. The normalized spacial score (nSPS) is 12.5. The van der Waals surface area contributed by atoms with Crippen LogP contribution in [0.3, 0.4) is 0 Å². The molecule has 20 heavy (non-hydrogen) atoms. The van der Waals surface area contributed by atoms with Crippen LogP contribution < -0.4 is 0 Å². The molecule has 0 unspecified atom stereocenters. The highest BCUT2D eigenvalue weighted by molar-refractivity contribution is 6.31. The lowest BCUT2D eigenvalue weighted by molar-refractivity contribution is -0.137. The Labute approximate surface area is 119 Å². The van der Waals surface area contributed by atoms with Crippen molar-refractivity contribution in [1.82, 2.24) is 14.9 Å². The standard InChI is InChI=1S/C13H15ClF3N3/c1-20(7-5-13(15,16)17)6-4-12-18-10-3-2-9(14)8-11(10)19-12/h2-3,8H,4-7H2,1H3,(H,18,19). The van der Waals surface area contributed by atoms with Crippen molar-refractivity contribution < 1.29 is 13.2 Å². The number of nitrogens with one attached hydrogen (secondary N) is 1. The molecule has 2 aromatic rings. The number of rotatable bonds is 5. The van der Waals surface area contributed by atoms with Crippen LogP contribution in [0.1, 0.15) is 12.2 Å². The molecule has 0 saturated heterocycles. The van der Waals surface area contributed by atoms with Gasteiger partial charge in [0.2, 0.25) is 0 Å². The van der Waals surface area contributed by atoms with Crippen LogP contribution in [0, 0.1) is 0 Å². The molecule has 0 radical (unpaired) electrons. The summed E-state index contributed by atoms with van der Waals surface area (Å²) in [5.41, 5.74) is 1.65. The van der Waals surface area contributed by atoms with Crippen molar-refractivity contribution in [2.24, 2.45) is 0 Å². The highest BCUT2D eigenvalue weighted by atomic mass is 35.5. The second-order valence-corrected chi connectivity index (χ2v) is 5.20. The Morgan fingerprint density at radius 2 is 2.05 bits per heavy atom. The van der Waals surface area contributed by atoms with E-state index in [4.69, 9.17) is 11.6 Å². The van der Waals surface area contributed by atoms with E-state index in [9.17, 15) is 13.2 Å². The number of fused-ring (bicyclic) bond motifs is 1. The average Bonchev–Trinajstić information content (AvgIpc) is 2.75. The Kier molecular flexibility index (Phi) is 4.55. The molecule has 0 atom stereocenters. The van der Waals surface area contributed by atoms with E-state index in [-0.39, 0.29) is 6.54 Å². The Morgan fingerprint density at radius 1 is 1.30 bits per heavy atom. The first-order valence-corrected chi connectivity index (χ1v) is 6.61. The third-order valence-electron chi connectivity index (χ3n) is 3.00. The molecule has 0 spiro atoms. The van der Waals surface area contributed by atoms with Gasteiger partial charge in [-0.3, -0.25) is 0 Å². The van der Waals surface area contributed by atoms with Gasteiger partial charge in [0.1, 0.15) is 5.82 Å². The predicted molar refractivity (Wildman–Crippen MR) is 73.0 cm³/mol. The van der Waals surface area contributed by atoms with E-state index < -0.39 is 12.6 Å². The maximum Gasteiger partial charge on any atom is 0.390 e. The molecule has 0 aliphatic heterocycles. The van der Waals surface area contributed by atoms with Gasteiger partial charge in [0.25, 0.3) is 0 Å². The molecule has 1 aromatic carbocycles. The van der Waals surface area contributed by atoms with Crippen LogP contribution in [-0.2, 0) is 6.42 Å². The number of H-pyrrole nitrogens is 1. The van der Waals surface area contributed by atoms with Crippen molar-refractivity contribution in [3.8, 4) is 0 Å². The molecule has 1 N–H and O–H groups in total. The van der Waals surface area contributed by atoms with Crippen molar-refractivity contribution in [2.75, 3.05) is 20.1 Å². The minimum absolute atomic E-state index is 0.00441. The van der Waals surface area contributed by atoms with Crippen LogP contribution in [0.25, 0.3) is 11.0 Å². The molecule has 0 amide bonds. The molecule has 7 heteroatoms. The number of likely N-dealkylation sites (N-methyl/N-ethyl adjacent to an activating group) is 1. The molecular weight excluding hydrogens is 291 g/mol. The highest BCUT2D eigenvalue weighted by Crippen LogP contribution is 2.20. The second kappa shape index (κ2) is 6.01. The first-order valence-electron chi connectivity index (χ1n) is 6.23. The zero-order valence-electron chi connectivity index (χ0n) is 11.0. The maximum atomic E-state index is 12.1. The minimum atomic E-state index is -4.11. The van der Waals surface area contributed by atoms with E-state index >= 15 is 0 Å². The van der Waals surface area contributed by atoms with Crippen LogP contribution in [0.15, 0.2) is 18.2 Å². The quantitative estimate of drug-likeness (QED) is 0.914. The largest absolute Gasteiger partial charge is 0.390 e. The van der Waals surface area contributed by atoms with E-state index in [0.29, 0.717) is 18.0 Å². The molecule has 1 heterocycles. The van der Waals surface area contributed by atoms with Gasteiger partial charge in [0.05, 0.1) is 17.5 Å². The lowest BCUT2D eigenvalue weighted by Crippen LogP contribution is -2.26. The van der Waals surface area contributed by atoms with E-state index in [2.05, 4.69) is 9.97 Å². The zero-order chi connectivity index (χ0) is 14.8. The molecule has 0 saturated carbocycles. The third kappa shape index (κ3) is 4.38. The highest BCUT2D eigenvalue weighted by Gasteiger charge is 2.26. The third-order valence-corrected chi connectivity index (χ3v) is 3.24. The summed E-state index contributed by atoms with van der Waals surface area (Å²) in [5, 5.41) is 0.620. The molecule has 1 aromatic heterocycles. The van der Waals surface area contributed by atoms with E-state index in [1.165, 1.54) is 0 Å². The van der Waals surface area contributed by atoms with Gasteiger partial charge in [0.15, 0.2) is 0 Å². The number of hydrogen-bond acceptors (Lipinski definition) is 2. The van der Waals surface area contributed by atoms with E-state index in [1.807, 2.05) is 6.07 Å². The molecular formula is C13H15ClF3N3. The van der Waals surface area contributed by atoms with Crippen molar-refractivity contribution >= 4 is 22.6 Å². The van der Waals surface area contributed by atoms with Crippen LogP contribution in [0.5, 0.6) is 0 Å². The van der Waals surface area contributed by atoms with Crippen molar-refractivity contribution in [1.29, 1.82) is 0 Å². The molecule has 2 rings (SSSR count). The minimum Gasteiger partial charge on any atom is -0.342 e. The summed E-state index contributed by atoms with van der Waals surface area (Å²) >= 11 is 5.88. The SMILES string of the molecule is CN(CCc1nc2ccc(Cl)cc2[nH]1)CCC(F)(F)F. The molecule has 0 bridgehead atoms. The number of hydrogen-bond donors (Lipinski definition) is 1. The molecule has 0 fully saturated rings. The maximum absolute atomic E-state index is 12.1. The topological polar surface area (TPSA) is 31.9 Å². The van der Waals surface area contributed by atoms with Gasteiger partial charge in [-0.2, -0.15) is 13.2 Å². The monoisotopic (exact) mass is 305 g/mol.